The molecule has 4 aromatic rings. The highest BCUT2D eigenvalue weighted by atomic mass is 32.2. The molecule has 13 nitrogen and oxygen atoms in total. The van der Waals surface area contributed by atoms with Crippen LogP contribution in [0.3, 0.4) is 0 Å². The van der Waals surface area contributed by atoms with E-state index in [-0.39, 0.29) is 48.3 Å². The number of thioether (sulfide) groups is 1. The van der Waals surface area contributed by atoms with Crippen molar-refractivity contribution in [2.24, 2.45) is 23.7 Å². The number of carbonyl (C=O) groups excluding carboxylic acids is 4. The molecule has 5 rings (SSSR count). The summed E-state index contributed by atoms with van der Waals surface area (Å²) in [7, 11) is 6.78. The molecule has 4 amide bonds. The van der Waals surface area contributed by atoms with Crippen LogP contribution in [0.1, 0.15) is 96.4 Å². The molecule has 3 N–H and O–H groups in total. The van der Waals surface area contributed by atoms with Crippen LogP contribution < -0.4 is 10.6 Å². The number of carboxylic acids is 1. The minimum Gasteiger partial charge on any atom is -0.480 e. The van der Waals surface area contributed by atoms with Crippen LogP contribution in [0.5, 0.6) is 0 Å². The van der Waals surface area contributed by atoms with Gasteiger partial charge in [0, 0.05) is 46.5 Å². The number of amides is 4. The zero-order valence-corrected chi connectivity index (χ0v) is 46.4. The summed E-state index contributed by atoms with van der Waals surface area (Å²) in [4.78, 5) is 75.5. The largest absolute Gasteiger partial charge is 0.480 e. The highest BCUT2D eigenvalue weighted by Gasteiger charge is 2.44. The molecule has 0 aliphatic carbocycles. The molecular formula is C60H83N5O8S. The standard InChI is InChI=1S/C60H83N5O8S/c1-12-42(6)54(50(72-10)39-51(66)65-35-25-34-49(65)55(73-11)43(7)56(67)61-48(59(70)71)38-44-26-17-13-18-27-44)64(9)58(69)52(40(2)3)62-57(68)53(41(4)5)63(8)36-37-74-60(45-28-19-14-20-29-45,46-30-21-15-22-31-46)47-32-23-16-24-33-47/h13-24,26-33,40-43,48-50,52-55H,12,25,34-39H2,1-11H3,(H,61,67)(H,62,68)(H,70,71)/t42-,43+,48-,49-,50+,52-,53-,54-,55+/m0/s1. The van der Waals surface area contributed by atoms with Crippen molar-refractivity contribution in [1.82, 2.24) is 25.3 Å². The molecule has 14 heteroatoms. The third-order valence-electron chi connectivity index (χ3n) is 15.1. The zero-order valence-electron chi connectivity index (χ0n) is 45.6. The summed E-state index contributed by atoms with van der Waals surface area (Å²) in [5.41, 5.74) is 4.28. The monoisotopic (exact) mass is 1030 g/mol. The fraction of sp³-hybridized carbons (Fsp3) is 0.517. The van der Waals surface area contributed by atoms with E-state index in [0.29, 0.717) is 38.1 Å². The summed E-state index contributed by atoms with van der Waals surface area (Å²) in [6, 6.07) is 37.3. The maximum Gasteiger partial charge on any atom is 0.326 e. The van der Waals surface area contributed by atoms with Crippen molar-refractivity contribution >= 4 is 41.4 Å². The Kier molecular flexibility index (Phi) is 22.8. The van der Waals surface area contributed by atoms with Gasteiger partial charge in [0.05, 0.1) is 47.4 Å². The van der Waals surface area contributed by atoms with E-state index in [1.54, 1.807) is 30.9 Å². The first-order valence-electron chi connectivity index (χ1n) is 26.4. The third-order valence-corrected chi connectivity index (χ3v) is 16.6. The Morgan fingerprint density at radius 2 is 1.27 bits per heavy atom. The van der Waals surface area contributed by atoms with E-state index in [2.05, 4.69) is 88.3 Å². The molecule has 74 heavy (non-hydrogen) atoms. The number of ether oxygens (including phenoxy) is 2. The highest BCUT2D eigenvalue weighted by Crippen LogP contribution is 2.48. The summed E-state index contributed by atoms with van der Waals surface area (Å²) in [5, 5.41) is 15.9. The van der Waals surface area contributed by atoms with Crippen molar-refractivity contribution in [2.45, 2.75) is 128 Å². The van der Waals surface area contributed by atoms with Crippen molar-refractivity contribution in [3.05, 3.63) is 144 Å². The van der Waals surface area contributed by atoms with E-state index in [0.717, 1.165) is 5.56 Å². The lowest BCUT2D eigenvalue weighted by atomic mass is 9.84. The van der Waals surface area contributed by atoms with Gasteiger partial charge in [-0.1, -0.05) is 176 Å². The van der Waals surface area contributed by atoms with Gasteiger partial charge < -0.3 is 35.0 Å². The van der Waals surface area contributed by atoms with Crippen LogP contribution >= 0.6 is 11.8 Å². The second-order valence-electron chi connectivity index (χ2n) is 20.7. The van der Waals surface area contributed by atoms with Crippen molar-refractivity contribution in [2.75, 3.05) is 47.2 Å². The van der Waals surface area contributed by atoms with Gasteiger partial charge in [0.2, 0.25) is 23.6 Å². The molecule has 0 bridgehead atoms. The Morgan fingerprint density at radius 3 is 1.73 bits per heavy atom. The van der Waals surface area contributed by atoms with E-state index >= 15 is 0 Å². The first kappa shape index (κ1) is 59.3. The van der Waals surface area contributed by atoms with E-state index < -0.39 is 65.0 Å². The molecule has 9 atom stereocenters. The fourth-order valence-electron chi connectivity index (χ4n) is 10.9. The molecule has 1 fully saturated rings. The van der Waals surface area contributed by atoms with Gasteiger partial charge in [0.1, 0.15) is 12.1 Å². The number of aliphatic carboxylic acids is 1. The molecule has 4 aromatic carbocycles. The molecule has 402 valence electrons. The van der Waals surface area contributed by atoms with E-state index in [1.807, 2.05) is 109 Å². The average Bonchev–Trinajstić information content (AvgIpc) is 3.89. The smallest absolute Gasteiger partial charge is 0.326 e. The first-order chi connectivity index (χ1) is 35.4. The predicted molar refractivity (Wildman–Crippen MR) is 296 cm³/mol. The number of nitrogens with zero attached hydrogens (tertiary/aromatic N) is 3. The quantitative estimate of drug-likeness (QED) is 0.0471. The third kappa shape index (κ3) is 14.6. The van der Waals surface area contributed by atoms with Gasteiger partial charge in [-0.2, -0.15) is 0 Å². The summed E-state index contributed by atoms with van der Waals surface area (Å²) in [6.07, 6.45) is 0.653. The summed E-state index contributed by atoms with van der Waals surface area (Å²) in [5.74, 6) is -2.80. The topological polar surface area (TPSA) is 158 Å². The Bertz CT molecular complexity index is 2280. The predicted octanol–water partition coefficient (Wildman–Crippen LogP) is 8.54. The van der Waals surface area contributed by atoms with Gasteiger partial charge in [-0.05, 0) is 59.9 Å². The SMILES string of the molecule is CC[C@H](C)[C@@H]([C@@H](CC(=O)N1CCC[C@H]1[C@H](OC)[C@@H](C)C(=O)N[C@@H](Cc1ccccc1)C(=O)O)OC)N(C)C(=O)[C@@H](NC(=O)[C@H](C(C)C)N(C)CCSC(c1ccccc1)(c1ccccc1)c1ccccc1)C(C)C. The first-order valence-corrected chi connectivity index (χ1v) is 27.4. The number of likely N-dealkylation sites (N-methyl/N-ethyl adjacent to an activating group) is 2. The average molecular weight is 1030 g/mol. The van der Waals surface area contributed by atoms with Crippen LogP contribution in [0, 0.1) is 23.7 Å². The van der Waals surface area contributed by atoms with Crippen LogP contribution in [0.25, 0.3) is 0 Å². The lowest BCUT2D eigenvalue weighted by molar-refractivity contribution is -0.148. The molecule has 0 radical (unpaired) electrons. The van der Waals surface area contributed by atoms with Gasteiger partial charge >= 0.3 is 5.97 Å². The maximum absolute atomic E-state index is 14.9. The van der Waals surface area contributed by atoms with Crippen LogP contribution in [0.4, 0.5) is 0 Å². The van der Waals surface area contributed by atoms with Gasteiger partial charge in [0.15, 0.2) is 0 Å². The van der Waals surface area contributed by atoms with E-state index in [4.69, 9.17) is 9.47 Å². The molecule has 0 aromatic heterocycles. The number of carbonyl (C=O) groups is 5. The molecule has 1 saturated heterocycles. The van der Waals surface area contributed by atoms with Crippen LogP contribution in [-0.4, -0.2) is 139 Å². The minimum absolute atomic E-state index is 0.0359. The Hall–Kier alpha value is -5.54. The summed E-state index contributed by atoms with van der Waals surface area (Å²) in [6.45, 7) is 14.8. The lowest BCUT2D eigenvalue weighted by Gasteiger charge is -2.41. The zero-order chi connectivity index (χ0) is 54.1. The van der Waals surface area contributed by atoms with Gasteiger partial charge in [0.25, 0.3) is 0 Å². The molecule has 1 aliphatic heterocycles. The number of carboxylic acid groups (broad SMARTS) is 1. The minimum atomic E-state index is -1.14. The molecule has 0 spiro atoms. The normalized spacial score (nSPS) is 17.2. The molecule has 1 aliphatic rings. The fourth-order valence-corrected chi connectivity index (χ4v) is 12.5. The molecular weight excluding hydrogens is 951 g/mol. The number of rotatable bonds is 28. The number of nitrogens with one attached hydrogen (secondary N) is 2. The van der Waals surface area contributed by atoms with Crippen LogP contribution in [0.15, 0.2) is 121 Å². The van der Waals surface area contributed by atoms with E-state index in [9.17, 15) is 29.1 Å². The number of hydrogen-bond donors (Lipinski definition) is 3. The second kappa shape index (κ2) is 28.4. The van der Waals surface area contributed by atoms with Crippen molar-refractivity contribution in [3.63, 3.8) is 0 Å². The van der Waals surface area contributed by atoms with Gasteiger partial charge in [-0.15, -0.1) is 11.8 Å². The van der Waals surface area contributed by atoms with Gasteiger partial charge in [-0.3, -0.25) is 24.1 Å². The van der Waals surface area contributed by atoms with Crippen LogP contribution in [-0.2, 0) is 44.6 Å². The van der Waals surface area contributed by atoms with E-state index in [1.165, 1.54) is 23.8 Å². The molecule has 1 heterocycles. The summed E-state index contributed by atoms with van der Waals surface area (Å²) >= 11 is 1.84. The number of methoxy groups -OCH3 is 2. The summed E-state index contributed by atoms with van der Waals surface area (Å²) < 4.78 is 11.6. The van der Waals surface area contributed by atoms with Crippen molar-refractivity contribution in [1.29, 1.82) is 0 Å². The highest BCUT2D eigenvalue weighted by molar-refractivity contribution is 8.00. The number of hydrogen-bond acceptors (Lipinski definition) is 9. The Balaban J connectivity index is 1.29. The number of benzene rings is 4. The second-order valence-corrected chi connectivity index (χ2v) is 22.0. The Labute approximate surface area is 445 Å². The number of likely N-dealkylation sites (tertiary alicyclic amines) is 1. The maximum atomic E-state index is 14.9. The molecule has 0 saturated carbocycles. The van der Waals surface area contributed by atoms with Crippen molar-refractivity contribution < 1.29 is 38.6 Å². The lowest BCUT2D eigenvalue weighted by Crippen LogP contribution is -2.60. The van der Waals surface area contributed by atoms with Gasteiger partial charge in [-0.25, -0.2) is 4.79 Å². The molecule has 0 unspecified atom stereocenters. The van der Waals surface area contributed by atoms with Crippen LogP contribution in [0.2, 0.25) is 0 Å². The Morgan fingerprint density at radius 1 is 0.743 bits per heavy atom. The van der Waals surface area contributed by atoms with Crippen molar-refractivity contribution in [3.8, 4) is 0 Å².